The van der Waals surface area contributed by atoms with Gasteiger partial charge in [0.2, 0.25) is 0 Å². The molecule has 3 rings (SSSR count). The van der Waals surface area contributed by atoms with Crippen LogP contribution < -0.4 is 4.90 Å². The van der Waals surface area contributed by atoms with Crippen molar-refractivity contribution < 1.29 is 4.79 Å². The summed E-state index contributed by atoms with van der Waals surface area (Å²) in [6.07, 6.45) is 5.27. The molecule has 3 nitrogen and oxygen atoms in total. The highest BCUT2D eigenvalue weighted by molar-refractivity contribution is 6.33. The van der Waals surface area contributed by atoms with E-state index in [4.69, 9.17) is 11.6 Å². The molecule has 2 heterocycles. The molecule has 1 aromatic rings. The zero-order valence-corrected chi connectivity index (χ0v) is 13.4. The van der Waals surface area contributed by atoms with Crippen molar-refractivity contribution in [2.45, 2.75) is 38.6 Å². The monoisotopic (exact) mass is 306 g/mol. The first-order valence-corrected chi connectivity index (χ1v) is 8.32. The number of ketones is 1. The summed E-state index contributed by atoms with van der Waals surface area (Å²) in [4.78, 5) is 16.4. The van der Waals surface area contributed by atoms with Gasteiger partial charge in [-0.15, -0.1) is 0 Å². The third kappa shape index (κ3) is 3.24. The van der Waals surface area contributed by atoms with Crippen molar-refractivity contribution in [2.75, 3.05) is 31.1 Å². The van der Waals surface area contributed by atoms with Gasteiger partial charge in [0.05, 0.1) is 10.7 Å². The van der Waals surface area contributed by atoms with Crippen LogP contribution in [0, 0.1) is 0 Å². The molecule has 0 aromatic heterocycles. The average Bonchev–Trinajstić information content (AvgIpc) is 2.97. The first kappa shape index (κ1) is 14.9. The number of benzene rings is 1. The normalized spacial score (nSPS) is 23.5. The van der Waals surface area contributed by atoms with Crippen LogP contribution in [0.15, 0.2) is 18.2 Å². The van der Waals surface area contributed by atoms with Crippen molar-refractivity contribution in [1.82, 2.24) is 4.90 Å². The Morgan fingerprint density at radius 2 is 1.95 bits per heavy atom. The molecule has 0 radical (unpaired) electrons. The van der Waals surface area contributed by atoms with Crippen LogP contribution in [0.3, 0.4) is 0 Å². The Hall–Kier alpha value is -1.06. The van der Waals surface area contributed by atoms with E-state index in [1.807, 2.05) is 12.1 Å². The third-order valence-electron chi connectivity index (χ3n) is 4.77. The van der Waals surface area contributed by atoms with Crippen LogP contribution in [0.1, 0.15) is 43.0 Å². The zero-order chi connectivity index (χ0) is 14.8. The van der Waals surface area contributed by atoms with Gasteiger partial charge in [-0.05, 0) is 57.5 Å². The molecule has 21 heavy (non-hydrogen) atoms. The Kier molecular flexibility index (Phi) is 4.51. The number of anilines is 1. The molecule has 0 N–H and O–H groups in total. The van der Waals surface area contributed by atoms with Crippen molar-refractivity contribution in [3.8, 4) is 0 Å². The smallest absolute Gasteiger partial charge is 0.159 e. The van der Waals surface area contributed by atoms with Gasteiger partial charge in [-0.3, -0.25) is 9.69 Å². The number of hydrogen-bond acceptors (Lipinski definition) is 3. The van der Waals surface area contributed by atoms with E-state index in [1.165, 1.54) is 38.8 Å². The van der Waals surface area contributed by atoms with Gasteiger partial charge in [0, 0.05) is 24.7 Å². The summed E-state index contributed by atoms with van der Waals surface area (Å²) >= 11 is 6.38. The molecule has 2 aliphatic heterocycles. The number of hydrogen-bond donors (Lipinski definition) is 0. The van der Waals surface area contributed by atoms with E-state index in [0.29, 0.717) is 16.6 Å². The molecule has 114 valence electrons. The van der Waals surface area contributed by atoms with Crippen molar-refractivity contribution in [1.29, 1.82) is 0 Å². The van der Waals surface area contributed by atoms with Crippen molar-refractivity contribution in [2.24, 2.45) is 0 Å². The number of nitrogens with zero attached hydrogens (tertiary/aromatic N) is 2. The number of rotatable bonds is 3. The maximum atomic E-state index is 11.4. The molecular weight excluding hydrogens is 284 g/mol. The number of carbonyl (C=O) groups excluding carboxylic acids is 1. The Labute approximate surface area is 131 Å². The Morgan fingerprint density at radius 3 is 2.62 bits per heavy atom. The van der Waals surface area contributed by atoms with E-state index in [9.17, 15) is 4.79 Å². The molecule has 0 saturated carbocycles. The minimum Gasteiger partial charge on any atom is -0.369 e. The highest BCUT2D eigenvalue weighted by atomic mass is 35.5. The van der Waals surface area contributed by atoms with Crippen molar-refractivity contribution in [3.05, 3.63) is 28.8 Å². The lowest BCUT2D eigenvalue weighted by Gasteiger charge is -2.32. The van der Waals surface area contributed by atoms with Crippen LogP contribution in [0.4, 0.5) is 5.69 Å². The summed E-state index contributed by atoms with van der Waals surface area (Å²) in [7, 11) is 0. The molecule has 2 saturated heterocycles. The molecule has 0 spiro atoms. The summed E-state index contributed by atoms with van der Waals surface area (Å²) in [5.74, 6) is 0.0658. The van der Waals surface area contributed by atoms with E-state index in [1.54, 1.807) is 13.0 Å². The number of piperidine rings is 1. The van der Waals surface area contributed by atoms with Gasteiger partial charge in [0.15, 0.2) is 5.78 Å². The Balaban J connectivity index is 1.69. The van der Waals surface area contributed by atoms with E-state index < -0.39 is 0 Å². The van der Waals surface area contributed by atoms with Crippen LogP contribution >= 0.6 is 11.6 Å². The van der Waals surface area contributed by atoms with Crippen molar-refractivity contribution in [3.63, 3.8) is 0 Å². The fourth-order valence-electron chi connectivity index (χ4n) is 3.52. The van der Waals surface area contributed by atoms with Gasteiger partial charge < -0.3 is 4.90 Å². The second kappa shape index (κ2) is 6.37. The lowest BCUT2D eigenvalue weighted by Crippen LogP contribution is -2.40. The molecule has 0 amide bonds. The number of carbonyl (C=O) groups is 1. The predicted molar refractivity (Wildman–Crippen MR) is 87.5 cm³/mol. The van der Waals surface area contributed by atoms with E-state index >= 15 is 0 Å². The summed E-state index contributed by atoms with van der Waals surface area (Å²) in [6, 6.07) is 6.34. The molecule has 2 aliphatic rings. The van der Waals surface area contributed by atoms with Gasteiger partial charge in [0.25, 0.3) is 0 Å². The van der Waals surface area contributed by atoms with E-state index in [2.05, 4.69) is 9.80 Å². The maximum Gasteiger partial charge on any atom is 0.159 e. The quantitative estimate of drug-likeness (QED) is 0.797. The van der Waals surface area contributed by atoms with Crippen LogP contribution in [0.2, 0.25) is 5.02 Å². The van der Waals surface area contributed by atoms with Gasteiger partial charge in [-0.2, -0.15) is 0 Å². The van der Waals surface area contributed by atoms with Crippen LogP contribution in [-0.2, 0) is 0 Å². The second-order valence-electron chi connectivity index (χ2n) is 6.21. The van der Waals surface area contributed by atoms with Crippen LogP contribution in [0.5, 0.6) is 0 Å². The summed E-state index contributed by atoms with van der Waals surface area (Å²) in [5.41, 5.74) is 1.76. The molecule has 0 aliphatic carbocycles. The van der Waals surface area contributed by atoms with Gasteiger partial charge in [-0.1, -0.05) is 18.0 Å². The lowest BCUT2D eigenvalue weighted by atomic mass is 10.1. The molecule has 1 unspecified atom stereocenters. The first-order chi connectivity index (χ1) is 10.1. The summed E-state index contributed by atoms with van der Waals surface area (Å²) < 4.78 is 0. The predicted octanol–water partition coefficient (Wildman–Crippen LogP) is 3.61. The maximum absolute atomic E-state index is 11.4. The van der Waals surface area contributed by atoms with Crippen LogP contribution in [-0.4, -0.2) is 42.9 Å². The minimum atomic E-state index is 0.0658. The summed E-state index contributed by atoms with van der Waals surface area (Å²) in [6.45, 7) is 6.18. The SMILES string of the molecule is CC(=O)c1ccc(N2CCC(N3CCCCC3)C2)c(Cl)c1. The number of halogens is 1. The number of Topliss-reactive ketones (excluding diaryl/α,β-unsaturated/α-hetero) is 1. The van der Waals surface area contributed by atoms with E-state index in [0.717, 1.165) is 18.8 Å². The second-order valence-corrected chi connectivity index (χ2v) is 6.61. The first-order valence-electron chi connectivity index (χ1n) is 7.94. The minimum absolute atomic E-state index is 0.0658. The fourth-order valence-corrected chi connectivity index (χ4v) is 3.82. The topological polar surface area (TPSA) is 23.6 Å². The zero-order valence-electron chi connectivity index (χ0n) is 12.6. The number of likely N-dealkylation sites (tertiary alicyclic amines) is 1. The van der Waals surface area contributed by atoms with Gasteiger partial charge in [-0.25, -0.2) is 0 Å². The molecule has 1 aromatic carbocycles. The Bertz CT molecular complexity index is 526. The highest BCUT2D eigenvalue weighted by Gasteiger charge is 2.29. The Morgan fingerprint density at radius 1 is 1.19 bits per heavy atom. The molecule has 2 fully saturated rings. The van der Waals surface area contributed by atoms with Gasteiger partial charge >= 0.3 is 0 Å². The molecule has 0 bridgehead atoms. The summed E-state index contributed by atoms with van der Waals surface area (Å²) in [5, 5.41) is 0.696. The fraction of sp³-hybridized carbons (Fsp3) is 0.588. The molecule has 4 heteroatoms. The van der Waals surface area contributed by atoms with E-state index in [-0.39, 0.29) is 5.78 Å². The largest absolute Gasteiger partial charge is 0.369 e. The van der Waals surface area contributed by atoms with Crippen molar-refractivity contribution >= 4 is 23.1 Å². The lowest BCUT2D eigenvalue weighted by molar-refractivity contribution is 0.101. The standard InChI is InChI=1S/C17H23ClN2O/c1-13(21)14-5-6-17(16(18)11-14)20-10-7-15(12-20)19-8-3-2-4-9-19/h5-6,11,15H,2-4,7-10,12H2,1H3. The van der Waals surface area contributed by atoms with Gasteiger partial charge in [0.1, 0.15) is 0 Å². The molecule has 1 atom stereocenters. The molecular formula is C17H23ClN2O. The van der Waals surface area contributed by atoms with Crippen LogP contribution in [0.25, 0.3) is 0 Å². The average molecular weight is 307 g/mol. The third-order valence-corrected chi connectivity index (χ3v) is 5.07. The highest BCUT2D eigenvalue weighted by Crippen LogP contribution is 2.31.